The molecule has 2 atom stereocenters. The first-order valence-electron chi connectivity index (χ1n) is 7.80. The molecule has 2 aliphatic rings. The predicted molar refractivity (Wildman–Crippen MR) is 77.1 cm³/mol. The van der Waals surface area contributed by atoms with Gasteiger partial charge in [-0.1, -0.05) is 6.92 Å². The molecule has 3 heterocycles. The van der Waals surface area contributed by atoms with Crippen molar-refractivity contribution in [2.24, 2.45) is 0 Å². The van der Waals surface area contributed by atoms with E-state index >= 15 is 0 Å². The van der Waals surface area contributed by atoms with Gasteiger partial charge >= 0.3 is 0 Å². The lowest BCUT2D eigenvalue weighted by Crippen LogP contribution is -2.48. The van der Waals surface area contributed by atoms with Gasteiger partial charge < -0.3 is 9.73 Å². The van der Waals surface area contributed by atoms with Crippen molar-refractivity contribution >= 4 is 0 Å². The predicted octanol–water partition coefficient (Wildman–Crippen LogP) is 3.08. The van der Waals surface area contributed by atoms with Crippen molar-refractivity contribution in [1.29, 1.82) is 0 Å². The normalized spacial score (nSPS) is 30.9. The Morgan fingerprint density at radius 3 is 2.58 bits per heavy atom. The van der Waals surface area contributed by atoms with E-state index in [0.29, 0.717) is 0 Å². The van der Waals surface area contributed by atoms with Crippen LogP contribution in [-0.2, 0) is 6.54 Å². The molecule has 2 bridgehead atoms. The van der Waals surface area contributed by atoms with Crippen LogP contribution in [0.25, 0.3) is 0 Å². The van der Waals surface area contributed by atoms with E-state index in [1.807, 2.05) is 6.92 Å². The smallest absolute Gasteiger partial charge is 0.118 e. The summed E-state index contributed by atoms with van der Waals surface area (Å²) >= 11 is 0. The fraction of sp³-hybridized carbons (Fsp3) is 0.750. The van der Waals surface area contributed by atoms with Gasteiger partial charge in [0, 0.05) is 18.1 Å². The lowest BCUT2D eigenvalue weighted by molar-refractivity contribution is 0.101. The van der Waals surface area contributed by atoms with Crippen LogP contribution in [0.15, 0.2) is 16.5 Å². The van der Waals surface area contributed by atoms with Gasteiger partial charge in [0.05, 0.1) is 6.54 Å². The van der Waals surface area contributed by atoms with Crippen LogP contribution in [0, 0.1) is 6.92 Å². The van der Waals surface area contributed by atoms with Crippen LogP contribution in [0.2, 0.25) is 0 Å². The number of furan rings is 1. The summed E-state index contributed by atoms with van der Waals surface area (Å²) < 4.78 is 5.75. The minimum atomic E-state index is 0.743. The summed E-state index contributed by atoms with van der Waals surface area (Å²) in [5.41, 5.74) is 0. The van der Waals surface area contributed by atoms with Crippen LogP contribution in [0.3, 0.4) is 0 Å². The summed E-state index contributed by atoms with van der Waals surface area (Å²) in [6, 6.07) is 6.48. The average molecular weight is 262 g/mol. The van der Waals surface area contributed by atoms with Crippen molar-refractivity contribution in [3.8, 4) is 0 Å². The number of hydrogen-bond donors (Lipinski definition) is 1. The Morgan fingerprint density at radius 1 is 1.26 bits per heavy atom. The number of rotatable bonds is 5. The summed E-state index contributed by atoms with van der Waals surface area (Å²) in [4.78, 5) is 2.68. The fourth-order valence-electron chi connectivity index (χ4n) is 3.80. The van der Waals surface area contributed by atoms with Gasteiger partial charge in [-0.15, -0.1) is 0 Å². The van der Waals surface area contributed by atoms with Gasteiger partial charge in [-0.25, -0.2) is 0 Å². The van der Waals surface area contributed by atoms with E-state index in [4.69, 9.17) is 4.42 Å². The van der Waals surface area contributed by atoms with Crippen LogP contribution >= 0.6 is 0 Å². The van der Waals surface area contributed by atoms with E-state index < -0.39 is 0 Å². The number of nitrogens with one attached hydrogen (secondary N) is 1. The molecule has 2 fully saturated rings. The molecule has 19 heavy (non-hydrogen) atoms. The van der Waals surface area contributed by atoms with Crippen LogP contribution in [0.4, 0.5) is 0 Å². The maximum Gasteiger partial charge on any atom is 0.118 e. The first kappa shape index (κ1) is 13.2. The quantitative estimate of drug-likeness (QED) is 0.884. The van der Waals surface area contributed by atoms with Gasteiger partial charge in [0.25, 0.3) is 0 Å². The third kappa shape index (κ3) is 2.87. The summed E-state index contributed by atoms with van der Waals surface area (Å²) in [6.45, 7) is 6.44. The molecule has 1 aromatic heterocycles. The third-order valence-electron chi connectivity index (χ3n) is 4.70. The highest BCUT2D eigenvalue weighted by molar-refractivity contribution is 5.07. The zero-order valence-electron chi connectivity index (χ0n) is 12.2. The van der Waals surface area contributed by atoms with Crippen molar-refractivity contribution in [1.82, 2.24) is 10.2 Å². The Morgan fingerprint density at radius 2 is 2.00 bits per heavy atom. The number of fused-ring (bicyclic) bond motifs is 2. The van der Waals surface area contributed by atoms with Gasteiger partial charge in [0.15, 0.2) is 0 Å². The molecule has 106 valence electrons. The first-order chi connectivity index (χ1) is 9.26. The SMILES string of the molecule is CCCNC1CC2CCC(C1)N2Cc1ccc(C)o1. The Kier molecular flexibility index (Phi) is 3.94. The van der Waals surface area contributed by atoms with Crippen molar-refractivity contribution in [3.63, 3.8) is 0 Å². The highest BCUT2D eigenvalue weighted by Gasteiger charge is 2.40. The largest absolute Gasteiger partial charge is 0.465 e. The molecule has 0 saturated carbocycles. The molecular formula is C16H26N2O. The summed E-state index contributed by atoms with van der Waals surface area (Å²) in [7, 11) is 0. The van der Waals surface area contributed by atoms with Gasteiger partial charge in [-0.2, -0.15) is 0 Å². The van der Waals surface area contributed by atoms with Crippen LogP contribution in [0.5, 0.6) is 0 Å². The molecular weight excluding hydrogens is 236 g/mol. The zero-order valence-corrected chi connectivity index (χ0v) is 12.2. The fourth-order valence-corrected chi connectivity index (χ4v) is 3.80. The average Bonchev–Trinajstić information content (AvgIpc) is 2.89. The van der Waals surface area contributed by atoms with Crippen molar-refractivity contribution < 1.29 is 4.42 Å². The van der Waals surface area contributed by atoms with Gasteiger partial charge in [-0.05, 0) is 57.7 Å². The first-order valence-corrected chi connectivity index (χ1v) is 7.80. The molecule has 1 aromatic rings. The highest BCUT2D eigenvalue weighted by Crippen LogP contribution is 2.36. The number of hydrogen-bond acceptors (Lipinski definition) is 3. The zero-order chi connectivity index (χ0) is 13.2. The van der Waals surface area contributed by atoms with E-state index in [1.165, 1.54) is 38.6 Å². The second-order valence-electron chi connectivity index (χ2n) is 6.19. The molecule has 1 N–H and O–H groups in total. The third-order valence-corrected chi connectivity index (χ3v) is 4.70. The number of aryl methyl sites for hydroxylation is 1. The van der Waals surface area contributed by atoms with Crippen molar-refractivity contribution in [2.45, 2.75) is 70.6 Å². The van der Waals surface area contributed by atoms with Gasteiger partial charge in [0.2, 0.25) is 0 Å². The molecule has 3 nitrogen and oxygen atoms in total. The Balaban J connectivity index is 1.60. The Bertz CT molecular complexity index is 401. The molecule has 2 unspecified atom stereocenters. The Labute approximate surface area is 116 Å². The molecule has 0 amide bonds. The standard InChI is InChI=1S/C16H26N2O/c1-3-8-17-13-9-14-5-6-15(10-13)18(14)11-16-7-4-12(2)19-16/h4,7,13-15,17H,3,5-6,8-11H2,1-2H3. The lowest BCUT2D eigenvalue weighted by Gasteiger charge is -2.38. The van der Waals surface area contributed by atoms with E-state index in [-0.39, 0.29) is 0 Å². The minimum absolute atomic E-state index is 0.743. The second kappa shape index (κ2) is 5.68. The van der Waals surface area contributed by atoms with E-state index in [9.17, 15) is 0 Å². The van der Waals surface area contributed by atoms with Gasteiger partial charge in [-0.3, -0.25) is 4.90 Å². The molecule has 3 heteroatoms. The molecule has 0 spiro atoms. The maximum absolute atomic E-state index is 5.75. The molecule has 2 saturated heterocycles. The highest BCUT2D eigenvalue weighted by atomic mass is 16.3. The Hall–Kier alpha value is -0.800. The number of piperidine rings is 1. The molecule has 2 aliphatic heterocycles. The van der Waals surface area contributed by atoms with E-state index in [1.54, 1.807) is 0 Å². The minimum Gasteiger partial charge on any atom is -0.465 e. The lowest BCUT2D eigenvalue weighted by atomic mass is 9.97. The van der Waals surface area contributed by atoms with E-state index in [0.717, 1.165) is 36.2 Å². The topological polar surface area (TPSA) is 28.4 Å². The van der Waals surface area contributed by atoms with Crippen molar-refractivity contribution in [2.75, 3.05) is 6.54 Å². The van der Waals surface area contributed by atoms with Crippen LogP contribution in [-0.4, -0.2) is 29.6 Å². The summed E-state index contributed by atoms with van der Waals surface area (Å²) in [5, 5.41) is 3.71. The van der Waals surface area contributed by atoms with Gasteiger partial charge in [0.1, 0.15) is 11.5 Å². The number of nitrogens with zero attached hydrogens (tertiary/aromatic N) is 1. The monoisotopic (exact) mass is 262 g/mol. The summed E-state index contributed by atoms with van der Waals surface area (Å²) in [6.07, 6.45) is 6.61. The molecule has 3 rings (SSSR count). The molecule has 0 radical (unpaired) electrons. The van der Waals surface area contributed by atoms with Crippen LogP contribution in [0.1, 0.15) is 50.5 Å². The second-order valence-corrected chi connectivity index (χ2v) is 6.19. The van der Waals surface area contributed by atoms with Crippen LogP contribution < -0.4 is 5.32 Å². The maximum atomic E-state index is 5.75. The summed E-state index contributed by atoms with van der Waals surface area (Å²) in [5.74, 6) is 2.16. The molecule has 0 aliphatic carbocycles. The van der Waals surface area contributed by atoms with Crippen molar-refractivity contribution in [3.05, 3.63) is 23.7 Å². The molecule has 0 aromatic carbocycles. The van der Waals surface area contributed by atoms with E-state index in [2.05, 4.69) is 29.3 Å².